The van der Waals surface area contributed by atoms with Crippen LogP contribution in [0.3, 0.4) is 0 Å². The average molecular weight is 395 g/mol. The van der Waals surface area contributed by atoms with Crippen molar-refractivity contribution in [1.29, 1.82) is 0 Å². The standard InChI is InChI=1S/C22H23ClN4O/c1-15-7-6-9-19(11-15)26-13-25(12-18-8-4-5-10-20(18)23)14-27-21(28)16(2)17(3)24-22(26)27/h4-11H,12-14H2,1-3H3. The molecule has 0 atom stereocenters. The Labute approximate surface area is 169 Å². The molecule has 2 aromatic carbocycles. The molecule has 2 heterocycles. The summed E-state index contributed by atoms with van der Waals surface area (Å²) in [5, 5.41) is 0.737. The van der Waals surface area contributed by atoms with Crippen molar-refractivity contribution in [2.24, 2.45) is 0 Å². The van der Waals surface area contributed by atoms with Crippen molar-refractivity contribution in [3.05, 3.63) is 86.3 Å². The minimum absolute atomic E-state index is 0.00371. The highest BCUT2D eigenvalue weighted by Crippen LogP contribution is 2.29. The Morgan fingerprint density at radius 2 is 1.82 bits per heavy atom. The van der Waals surface area contributed by atoms with Crippen LogP contribution >= 0.6 is 11.6 Å². The maximum Gasteiger partial charge on any atom is 0.259 e. The maximum absolute atomic E-state index is 13.0. The number of aromatic nitrogens is 2. The van der Waals surface area contributed by atoms with Gasteiger partial charge in [0.15, 0.2) is 0 Å². The van der Waals surface area contributed by atoms with Gasteiger partial charge in [-0.05, 0) is 50.1 Å². The lowest BCUT2D eigenvalue weighted by molar-refractivity contribution is 0.190. The molecule has 3 aromatic rings. The van der Waals surface area contributed by atoms with Gasteiger partial charge in [-0.3, -0.25) is 19.2 Å². The molecular formula is C22H23ClN4O. The summed E-state index contributed by atoms with van der Waals surface area (Å²) in [6.07, 6.45) is 0. The zero-order valence-corrected chi connectivity index (χ0v) is 17.1. The molecule has 0 spiro atoms. The number of hydrogen-bond donors (Lipinski definition) is 0. The van der Waals surface area contributed by atoms with Crippen molar-refractivity contribution in [3.8, 4) is 0 Å². The van der Waals surface area contributed by atoms with Crippen LogP contribution < -0.4 is 10.5 Å². The third-order valence-corrected chi connectivity index (χ3v) is 5.58. The Morgan fingerprint density at radius 1 is 1.04 bits per heavy atom. The first-order valence-electron chi connectivity index (χ1n) is 9.32. The summed E-state index contributed by atoms with van der Waals surface area (Å²) in [4.78, 5) is 22.0. The van der Waals surface area contributed by atoms with Crippen LogP contribution in [0.1, 0.15) is 22.4 Å². The smallest absolute Gasteiger partial charge is 0.259 e. The molecule has 1 aromatic heterocycles. The Hall–Kier alpha value is -2.63. The van der Waals surface area contributed by atoms with Gasteiger partial charge in [0.1, 0.15) is 0 Å². The van der Waals surface area contributed by atoms with Gasteiger partial charge in [0.05, 0.1) is 13.3 Å². The molecule has 0 saturated heterocycles. The molecule has 0 fully saturated rings. The second-order valence-electron chi connectivity index (χ2n) is 7.33. The topological polar surface area (TPSA) is 41.4 Å². The van der Waals surface area contributed by atoms with E-state index < -0.39 is 0 Å². The van der Waals surface area contributed by atoms with Crippen LogP contribution in [0, 0.1) is 20.8 Å². The van der Waals surface area contributed by atoms with Gasteiger partial charge in [-0.2, -0.15) is 0 Å². The first-order chi connectivity index (χ1) is 13.4. The van der Waals surface area contributed by atoms with Gasteiger partial charge >= 0.3 is 0 Å². The van der Waals surface area contributed by atoms with Crippen LogP contribution in [0.25, 0.3) is 0 Å². The van der Waals surface area contributed by atoms with Crippen molar-refractivity contribution in [2.45, 2.75) is 34.0 Å². The zero-order valence-electron chi connectivity index (χ0n) is 16.3. The van der Waals surface area contributed by atoms with Gasteiger partial charge in [0.2, 0.25) is 5.95 Å². The van der Waals surface area contributed by atoms with Crippen LogP contribution in [0.4, 0.5) is 11.6 Å². The van der Waals surface area contributed by atoms with Crippen molar-refractivity contribution in [1.82, 2.24) is 14.5 Å². The third-order valence-electron chi connectivity index (χ3n) is 5.21. The minimum Gasteiger partial charge on any atom is -0.298 e. The highest BCUT2D eigenvalue weighted by molar-refractivity contribution is 6.31. The lowest BCUT2D eigenvalue weighted by atomic mass is 10.2. The Balaban J connectivity index is 1.79. The highest BCUT2D eigenvalue weighted by Gasteiger charge is 2.27. The Morgan fingerprint density at radius 3 is 2.57 bits per heavy atom. The summed E-state index contributed by atoms with van der Waals surface area (Å²) >= 11 is 6.37. The molecule has 0 saturated carbocycles. The fourth-order valence-corrected chi connectivity index (χ4v) is 3.74. The predicted octanol–water partition coefficient (Wildman–Crippen LogP) is 4.39. The molecule has 144 valence electrons. The van der Waals surface area contributed by atoms with E-state index >= 15 is 0 Å². The van der Waals surface area contributed by atoms with Gasteiger partial charge in [-0.25, -0.2) is 4.98 Å². The van der Waals surface area contributed by atoms with E-state index in [0.29, 0.717) is 31.4 Å². The molecule has 0 amide bonds. The molecule has 1 aliphatic heterocycles. The summed E-state index contributed by atoms with van der Waals surface area (Å²) in [6.45, 7) is 7.56. The lowest BCUT2D eigenvalue weighted by Crippen LogP contribution is -2.47. The van der Waals surface area contributed by atoms with Crippen LogP contribution in [0.2, 0.25) is 5.02 Å². The van der Waals surface area contributed by atoms with E-state index in [1.807, 2.05) is 44.2 Å². The number of rotatable bonds is 3. The fourth-order valence-electron chi connectivity index (χ4n) is 3.54. The summed E-state index contributed by atoms with van der Waals surface area (Å²) in [7, 11) is 0. The van der Waals surface area contributed by atoms with Crippen LogP contribution in [0.15, 0.2) is 53.3 Å². The molecule has 6 heteroatoms. The van der Waals surface area contributed by atoms with Gasteiger partial charge in [-0.1, -0.05) is 41.9 Å². The number of halogens is 1. The largest absolute Gasteiger partial charge is 0.298 e. The second kappa shape index (κ2) is 7.41. The SMILES string of the molecule is Cc1cccc(N2CN(Cc3ccccc3Cl)Cn3c2nc(C)c(C)c3=O)c1. The van der Waals surface area contributed by atoms with E-state index in [9.17, 15) is 4.79 Å². The molecule has 0 radical (unpaired) electrons. The molecule has 1 aliphatic rings. The molecule has 4 rings (SSSR count). The number of nitrogens with zero attached hydrogens (tertiary/aromatic N) is 4. The summed E-state index contributed by atoms with van der Waals surface area (Å²) in [5.74, 6) is 0.689. The minimum atomic E-state index is 0.00371. The number of anilines is 2. The van der Waals surface area contributed by atoms with E-state index in [0.717, 1.165) is 22.0 Å². The van der Waals surface area contributed by atoms with Crippen LogP contribution in [0.5, 0.6) is 0 Å². The maximum atomic E-state index is 13.0. The molecule has 0 unspecified atom stereocenters. The van der Waals surface area contributed by atoms with Crippen molar-refractivity contribution < 1.29 is 0 Å². The third kappa shape index (κ3) is 3.43. The highest BCUT2D eigenvalue weighted by atomic mass is 35.5. The summed E-state index contributed by atoms with van der Waals surface area (Å²) in [6, 6.07) is 16.1. The van der Waals surface area contributed by atoms with Gasteiger partial charge in [-0.15, -0.1) is 0 Å². The van der Waals surface area contributed by atoms with Crippen LogP contribution in [-0.4, -0.2) is 21.1 Å². The first kappa shape index (κ1) is 18.7. The van der Waals surface area contributed by atoms with E-state index in [1.54, 1.807) is 4.57 Å². The van der Waals surface area contributed by atoms with Crippen molar-refractivity contribution in [2.75, 3.05) is 11.6 Å². The Kier molecular flexibility index (Phi) is 4.96. The van der Waals surface area contributed by atoms with E-state index in [2.05, 4.69) is 34.9 Å². The quantitative estimate of drug-likeness (QED) is 0.660. The van der Waals surface area contributed by atoms with Crippen molar-refractivity contribution >= 4 is 23.2 Å². The number of hydrogen-bond acceptors (Lipinski definition) is 4. The average Bonchev–Trinajstić information content (AvgIpc) is 2.68. The molecule has 28 heavy (non-hydrogen) atoms. The number of benzene rings is 2. The van der Waals surface area contributed by atoms with E-state index in [-0.39, 0.29) is 5.56 Å². The first-order valence-corrected chi connectivity index (χ1v) is 9.70. The second-order valence-corrected chi connectivity index (χ2v) is 7.73. The number of aryl methyl sites for hydroxylation is 2. The molecule has 0 bridgehead atoms. The van der Waals surface area contributed by atoms with Crippen molar-refractivity contribution in [3.63, 3.8) is 0 Å². The number of fused-ring (bicyclic) bond motifs is 1. The van der Waals surface area contributed by atoms with Gasteiger partial charge < -0.3 is 0 Å². The van der Waals surface area contributed by atoms with Crippen LogP contribution in [-0.2, 0) is 13.2 Å². The predicted molar refractivity (Wildman–Crippen MR) is 113 cm³/mol. The van der Waals surface area contributed by atoms with E-state index in [1.165, 1.54) is 5.56 Å². The summed E-state index contributed by atoms with van der Waals surface area (Å²) in [5.41, 5.74) is 4.69. The van der Waals surface area contributed by atoms with Gasteiger partial charge in [0, 0.05) is 28.5 Å². The zero-order chi connectivity index (χ0) is 19.8. The molecular weight excluding hydrogens is 372 g/mol. The monoisotopic (exact) mass is 394 g/mol. The lowest BCUT2D eigenvalue weighted by Gasteiger charge is -2.38. The van der Waals surface area contributed by atoms with E-state index in [4.69, 9.17) is 16.6 Å². The molecule has 0 aliphatic carbocycles. The molecule has 5 nitrogen and oxygen atoms in total. The van der Waals surface area contributed by atoms with Gasteiger partial charge in [0.25, 0.3) is 5.56 Å². The Bertz CT molecular complexity index is 1090. The molecule has 0 N–H and O–H groups in total. The normalized spacial score (nSPS) is 14.2. The summed E-state index contributed by atoms with van der Waals surface area (Å²) < 4.78 is 1.75. The fraction of sp³-hybridized carbons (Fsp3) is 0.273.